The molecule has 2 aliphatic rings. The van der Waals surface area contributed by atoms with E-state index in [0.29, 0.717) is 0 Å². The number of anilines is 3. The zero-order valence-corrected chi connectivity index (χ0v) is 34.4. The van der Waals surface area contributed by atoms with Gasteiger partial charge in [0.2, 0.25) is 0 Å². The fraction of sp³-hybridized carbons (Fsp3) is 0.0167. The van der Waals surface area contributed by atoms with Crippen molar-refractivity contribution in [2.45, 2.75) is 5.41 Å². The Balaban J connectivity index is 1.01. The molecule has 1 aliphatic carbocycles. The monoisotopic (exact) mass is 801 g/mol. The fourth-order valence-corrected chi connectivity index (χ4v) is 10.7. The van der Waals surface area contributed by atoms with Gasteiger partial charge in [0.1, 0.15) is 5.82 Å². The molecule has 2 aromatic heterocycles. The highest BCUT2D eigenvalue weighted by atomic mass is 15.2. The SMILES string of the molecule is c1ccc(-c2cc(-c3ccccc3)nc(N3c4ccccc4C4(c5ccccc5-c5cc(-c6ccc7c(c6)c6ccccc6n7-c6ccccc6)ccc54)c4ccccc43)c2)cc1. The summed E-state index contributed by atoms with van der Waals surface area (Å²) in [5.41, 5.74) is 19.6. The molecule has 0 N–H and O–H groups in total. The smallest absolute Gasteiger partial charge is 0.138 e. The number of para-hydroxylation sites is 4. The molecule has 1 spiro atoms. The van der Waals surface area contributed by atoms with Gasteiger partial charge in [0, 0.05) is 22.0 Å². The Morgan fingerprint density at radius 2 is 0.889 bits per heavy atom. The normalized spacial score (nSPS) is 13.2. The highest BCUT2D eigenvalue weighted by Gasteiger charge is 2.51. The van der Waals surface area contributed by atoms with Crippen molar-refractivity contribution in [2.24, 2.45) is 0 Å². The lowest BCUT2D eigenvalue weighted by Gasteiger charge is -2.44. The van der Waals surface area contributed by atoms with Gasteiger partial charge in [-0.05, 0) is 116 Å². The molecular formula is C60H39N3. The second-order valence-corrected chi connectivity index (χ2v) is 16.7. The summed E-state index contributed by atoms with van der Waals surface area (Å²) in [5, 5.41) is 2.50. The van der Waals surface area contributed by atoms with Gasteiger partial charge in [-0.25, -0.2) is 4.98 Å². The lowest BCUT2D eigenvalue weighted by Crippen LogP contribution is -2.36. The minimum Gasteiger partial charge on any atom is -0.309 e. The molecular weight excluding hydrogens is 763 g/mol. The Labute approximate surface area is 366 Å². The zero-order valence-electron chi connectivity index (χ0n) is 34.4. The van der Waals surface area contributed by atoms with Gasteiger partial charge in [-0.2, -0.15) is 0 Å². The highest BCUT2D eigenvalue weighted by molar-refractivity contribution is 6.10. The van der Waals surface area contributed by atoms with E-state index in [4.69, 9.17) is 4.98 Å². The molecule has 0 unspecified atom stereocenters. The van der Waals surface area contributed by atoms with E-state index < -0.39 is 5.41 Å². The van der Waals surface area contributed by atoms with Crippen LogP contribution in [0.1, 0.15) is 22.3 Å². The van der Waals surface area contributed by atoms with Crippen molar-refractivity contribution >= 4 is 39.0 Å². The lowest BCUT2D eigenvalue weighted by atomic mass is 9.64. The summed E-state index contributed by atoms with van der Waals surface area (Å²) in [6, 6.07) is 86.3. The maximum Gasteiger partial charge on any atom is 0.138 e. The van der Waals surface area contributed by atoms with Gasteiger partial charge in [0.25, 0.3) is 0 Å². The van der Waals surface area contributed by atoms with E-state index in [1.165, 1.54) is 72.0 Å². The first-order valence-corrected chi connectivity index (χ1v) is 21.7. The lowest BCUT2D eigenvalue weighted by molar-refractivity contribution is 0.751. The van der Waals surface area contributed by atoms with Crippen LogP contribution in [0.4, 0.5) is 17.2 Å². The Morgan fingerprint density at radius 3 is 1.63 bits per heavy atom. The van der Waals surface area contributed by atoms with Gasteiger partial charge >= 0.3 is 0 Å². The third kappa shape index (κ3) is 5.23. The van der Waals surface area contributed by atoms with Crippen LogP contribution in [0.3, 0.4) is 0 Å². The molecule has 63 heavy (non-hydrogen) atoms. The van der Waals surface area contributed by atoms with E-state index in [-0.39, 0.29) is 0 Å². The number of rotatable bonds is 5. The van der Waals surface area contributed by atoms with E-state index in [1.54, 1.807) is 0 Å². The standard InChI is InChI=1S/C60H39N3/c1-4-18-40(19-5-1)44-38-54(41-20-6-2-7-21-41)61-59(39-44)63-57-30-16-13-27-52(57)60(53-28-14-17-31-58(53)63)50-26-12-10-24-46(50)48-36-42(32-34-51(48)60)43-33-35-56-49(37-43)47-25-11-15-29-55(47)62(56)45-22-8-3-9-23-45/h1-39H. The largest absolute Gasteiger partial charge is 0.309 e. The highest BCUT2D eigenvalue weighted by Crippen LogP contribution is 2.63. The molecule has 0 saturated heterocycles. The van der Waals surface area contributed by atoms with Crippen molar-refractivity contribution < 1.29 is 0 Å². The molecule has 0 amide bonds. The summed E-state index contributed by atoms with van der Waals surface area (Å²) in [4.78, 5) is 7.88. The molecule has 3 heterocycles. The van der Waals surface area contributed by atoms with Gasteiger partial charge in [0.05, 0.1) is 33.5 Å². The Hall–Kier alpha value is -8.27. The second kappa shape index (κ2) is 13.9. The van der Waals surface area contributed by atoms with Crippen LogP contribution >= 0.6 is 0 Å². The van der Waals surface area contributed by atoms with Gasteiger partial charge in [-0.1, -0.05) is 176 Å². The molecule has 0 radical (unpaired) electrons. The van der Waals surface area contributed by atoms with Gasteiger partial charge in [-0.3, -0.25) is 4.90 Å². The first-order valence-electron chi connectivity index (χ1n) is 21.7. The maximum absolute atomic E-state index is 5.48. The average Bonchev–Trinajstić information content (AvgIpc) is 3.85. The molecule has 3 heteroatoms. The van der Waals surface area contributed by atoms with Crippen molar-refractivity contribution in [2.75, 3.05) is 4.90 Å². The Bertz CT molecular complexity index is 3460. The summed E-state index contributed by atoms with van der Waals surface area (Å²) in [5.74, 6) is 0.885. The van der Waals surface area contributed by atoms with Crippen LogP contribution in [-0.4, -0.2) is 9.55 Å². The van der Waals surface area contributed by atoms with Crippen LogP contribution in [0.5, 0.6) is 0 Å². The topological polar surface area (TPSA) is 21.1 Å². The van der Waals surface area contributed by atoms with Crippen molar-refractivity contribution in [3.63, 3.8) is 0 Å². The zero-order chi connectivity index (χ0) is 41.5. The summed E-state index contributed by atoms with van der Waals surface area (Å²) < 4.78 is 2.38. The fourth-order valence-electron chi connectivity index (χ4n) is 10.7. The van der Waals surface area contributed by atoms with Crippen LogP contribution < -0.4 is 4.90 Å². The van der Waals surface area contributed by atoms with Gasteiger partial charge in [0.15, 0.2) is 0 Å². The first-order chi connectivity index (χ1) is 31.3. The maximum atomic E-state index is 5.48. The molecule has 0 saturated carbocycles. The molecule has 294 valence electrons. The molecule has 0 fully saturated rings. The Morgan fingerprint density at radius 1 is 0.333 bits per heavy atom. The summed E-state index contributed by atoms with van der Waals surface area (Å²) in [6.45, 7) is 0. The van der Waals surface area contributed by atoms with Crippen LogP contribution in [0.15, 0.2) is 237 Å². The number of hydrogen-bond donors (Lipinski definition) is 0. The first kappa shape index (κ1) is 35.5. The third-order valence-corrected chi connectivity index (χ3v) is 13.4. The molecule has 9 aromatic carbocycles. The van der Waals surface area contributed by atoms with E-state index in [2.05, 4.69) is 246 Å². The van der Waals surface area contributed by atoms with Crippen LogP contribution in [0.25, 0.3) is 72.1 Å². The predicted octanol–water partition coefficient (Wildman–Crippen LogP) is 15.3. The number of pyridine rings is 1. The van der Waals surface area contributed by atoms with E-state index in [9.17, 15) is 0 Å². The van der Waals surface area contributed by atoms with E-state index in [1.807, 2.05) is 0 Å². The number of benzene rings is 9. The number of hydrogen-bond acceptors (Lipinski definition) is 2. The Kier molecular flexibility index (Phi) is 7.82. The predicted molar refractivity (Wildman–Crippen MR) is 260 cm³/mol. The number of fused-ring (bicyclic) bond motifs is 12. The second-order valence-electron chi connectivity index (χ2n) is 16.7. The number of nitrogens with zero attached hydrogens (tertiary/aromatic N) is 3. The van der Waals surface area contributed by atoms with E-state index in [0.717, 1.165) is 39.6 Å². The molecule has 1 aliphatic heterocycles. The molecule has 0 atom stereocenters. The number of aromatic nitrogens is 2. The van der Waals surface area contributed by atoms with Gasteiger partial charge < -0.3 is 4.57 Å². The average molecular weight is 802 g/mol. The summed E-state index contributed by atoms with van der Waals surface area (Å²) >= 11 is 0. The van der Waals surface area contributed by atoms with Crippen molar-refractivity contribution in [1.82, 2.24) is 9.55 Å². The minimum absolute atomic E-state index is 0.555. The van der Waals surface area contributed by atoms with Crippen molar-refractivity contribution in [3.8, 4) is 50.3 Å². The van der Waals surface area contributed by atoms with Crippen LogP contribution in [0.2, 0.25) is 0 Å². The molecule has 13 rings (SSSR count). The summed E-state index contributed by atoms with van der Waals surface area (Å²) in [7, 11) is 0. The minimum atomic E-state index is -0.555. The van der Waals surface area contributed by atoms with Crippen LogP contribution in [0, 0.1) is 0 Å². The van der Waals surface area contributed by atoms with Crippen LogP contribution in [-0.2, 0) is 5.41 Å². The third-order valence-electron chi connectivity index (χ3n) is 13.4. The molecule has 11 aromatic rings. The van der Waals surface area contributed by atoms with Crippen molar-refractivity contribution in [1.29, 1.82) is 0 Å². The molecule has 0 bridgehead atoms. The molecule has 3 nitrogen and oxygen atoms in total. The summed E-state index contributed by atoms with van der Waals surface area (Å²) in [6.07, 6.45) is 0. The van der Waals surface area contributed by atoms with Gasteiger partial charge in [-0.15, -0.1) is 0 Å². The quantitative estimate of drug-likeness (QED) is 0.173. The van der Waals surface area contributed by atoms with Crippen molar-refractivity contribution in [3.05, 3.63) is 259 Å². The van der Waals surface area contributed by atoms with E-state index >= 15 is 0 Å².